The summed E-state index contributed by atoms with van der Waals surface area (Å²) < 4.78 is 5.54. The van der Waals surface area contributed by atoms with Crippen molar-refractivity contribution in [3.05, 3.63) is 23.2 Å². The topological polar surface area (TPSA) is 36.7 Å². The number of furan rings is 1. The number of hydrogen-bond acceptors (Lipinski definition) is 3. The van der Waals surface area contributed by atoms with Crippen LogP contribution in [0.1, 0.15) is 55.0 Å². The number of amides is 1. The molecule has 4 heteroatoms. The van der Waals surface area contributed by atoms with Crippen LogP contribution in [0, 0.1) is 25.2 Å². The van der Waals surface area contributed by atoms with Gasteiger partial charge in [0.05, 0.1) is 5.56 Å². The van der Waals surface area contributed by atoms with Crippen LogP contribution in [-0.2, 0) is 0 Å². The van der Waals surface area contributed by atoms with Gasteiger partial charge in [-0.2, -0.15) is 0 Å². The highest BCUT2D eigenvalue weighted by Crippen LogP contribution is 2.39. The molecule has 3 rings (SSSR count). The van der Waals surface area contributed by atoms with Crippen molar-refractivity contribution in [2.24, 2.45) is 11.3 Å². The smallest absolute Gasteiger partial charge is 0.257 e. The summed E-state index contributed by atoms with van der Waals surface area (Å²) in [6.07, 6.45) is 3.66. The first-order valence-electron chi connectivity index (χ1n) is 8.97. The molecule has 0 radical (unpaired) electrons. The van der Waals surface area contributed by atoms with Crippen LogP contribution in [0.5, 0.6) is 0 Å². The first-order valence-corrected chi connectivity index (χ1v) is 8.97. The molecule has 128 valence electrons. The fourth-order valence-corrected chi connectivity index (χ4v) is 4.44. The predicted octanol–water partition coefficient (Wildman–Crippen LogP) is 3.48. The number of piperidine rings is 1. The third kappa shape index (κ3) is 3.47. The van der Waals surface area contributed by atoms with Crippen LogP contribution in [0.2, 0.25) is 0 Å². The molecule has 0 unspecified atom stereocenters. The van der Waals surface area contributed by atoms with Gasteiger partial charge in [-0.25, -0.2) is 0 Å². The van der Waals surface area contributed by atoms with Crippen molar-refractivity contribution in [3.63, 3.8) is 0 Å². The summed E-state index contributed by atoms with van der Waals surface area (Å²) in [6, 6.07) is 1.88. The zero-order valence-electron chi connectivity index (χ0n) is 15.0. The number of rotatable bonds is 3. The van der Waals surface area contributed by atoms with Gasteiger partial charge in [0.15, 0.2) is 0 Å². The van der Waals surface area contributed by atoms with Crippen molar-refractivity contribution >= 4 is 5.91 Å². The molecule has 0 N–H and O–H groups in total. The van der Waals surface area contributed by atoms with Crippen LogP contribution in [0.3, 0.4) is 0 Å². The van der Waals surface area contributed by atoms with Crippen molar-refractivity contribution in [2.45, 2.75) is 47.0 Å². The molecule has 1 amide bonds. The number of hydrogen-bond donors (Lipinski definition) is 0. The number of carbonyl (C=O) groups is 1. The minimum atomic E-state index is 0.150. The maximum absolute atomic E-state index is 12.8. The van der Waals surface area contributed by atoms with Gasteiger partial charge in [0.25, 0.3) is 5.91 Å². The van der Waals surface area contributed by atoms with Gasteiger partial charge < -0.3 is 14.2 Å². The minimum absolute atomic E-state index is 0.150. The second-order valence-corrected chi connectivity index (χ2v) is 8.04. The molecule has 0 bridgehead atoms. The Morgan fingerprint density at radius 3 is 2.70 bits per heavy atom. The molecule has 1 spiro atoms. The molecule has 2 fully saturated rings. The predicted molar refractivity (Wildman–Crippen MR) is 91.6 cm³/mol. The molecule has 2 aliphatic rings. The van der Waals surface area contributed by atoms with E-state index >= 15 is 0 Å². The maximum Gasteiger partial charge on any atom is 0.257 e. The lowest BCUT2D eigenvalue weighted by Gasteiger charge is -2.41. The monoisotopic (exact) mass is 318 g/mol. The Morgan fingerprint density at radius 1 is 1.26 bits per heavy atom. The van der Waals surface area contributed by atoms with E-state index in [1.807, 2.05) is 19.9 Å². The Kier molecular flexibility index (Phi) is 4.54. The van der Waals surface area contributed by atoms with E-state index < -0.39 is 0 Å². The summed E-state index contributed by atoms with van der Waals surface area (Å²) in [6.45, 7) is 13.7. The van der Waals surface area contributed by atoms with Crippen molar-refractivity contribution in [1.29, 1.82) is 0 Å². The molecule has 4 nitrogen and oxygen atoms in total. The van der Waals surface area contributed by atoms with Crippen LogP contribution in [-0.4, -0.2) is 48.4 Å². The molecule has 0 aromatic carbocycles. The lowest BCUT2D eigenvalue weighted by atomic mass is 9.79. The third-order valence-corrected chi connectivity index (χ3v) is 5.36. The van der Waals surface area contributed by atoms with Gasteiger partial charge in [-0.15, -0.1) is 0 Å². The maximum atomic E-state index is 12.8. The summed E-state index contributed by atoms with van der Waals surface area (Å²) in [5.74, 6) is 2.43. The van der Waals surface area contributed by atoms with Crippen LogP contribution < -0.4 is 0 Å². The summed E-state index contributed by atoms with van der Waals surface area (Å²) in [5, 5.41) is 0. The zero-order valence-corrected chi connectivity index (χ0v) is 15.0. The van der Waals surface area contributed by atoms with Gasteiger partial charge in [-0.1, -0.05) is 13.8 Å². The number of likely N-dealkylation sites (tertiary alicyclic amines) is 2. The Morgan fingerprint density at radius 2 is 2.04 bits per heavy atom. The van der Waals surface area contributed by atoms with E-state index in [1.54, 1.807) is 0 Å². The number of aryl methyl sites for hydroxylation is 2. The van der Waals surface area contributed by atoms with Crippen LogP contribution in [0.15, 0.2) is 10.5 Å². The van der Waals surface area contributed by atoms with E-state index in [4.69, 9.17) is 4.42 Å². The summed E-state index contributed by atoms with van der Waals surface area (Å²) in [4.78, 5) is 17.5. The van der Waals surface area contributed by atoms with E-state index in [0.29, 0.717) is 11.3 Å². The Balaban J connectivity index is 1.67. The number of carbonyl (C=O) groups excluding carboxylic acids is 1. The van der Waals surface area contributed by atoms with Crippen molar-refractivity contribution < 1.29 is 9.21 Å². The molecule has 1 atom stereocenters. The molecule has 3 heterocycles. The first-order chi connectivity index (χ1) is 10.9. The standard InChI is InChI=1S/C19H30N2O2/c1-14(2)11-20-8-5-6-19(12-20)7-9-21(13-19)18(22)17-10-15(3)23-16(17)4/h10,14H,5-9,11-13H2,1-4H3/t19-/m1/s1. The Bertz CT molecular complexity index is 578. The molecule has 2 aliphatic heterocycles. The van der Waals surface area contributed by atoms with Gasteiger partial charge in [0.1, 0.15) is 11.5 Å². The Hall–Kier alpha value is -1.29. The highest BCUT2D eigenvalue weighted by molar-refractivity contribution is 5.95. The average molecular weight is 318 g/mol. The quantitative estimate of drug-likeness (QED) is 0.856. The van der Waals surface area contributed by atoms with E-state index in [0.717, 1.165) is 43.1 Å². The molecular formula is C19H30N2O2. The molecule has 1 aromatic heterocycles. The van der Waals surface area contributed by atoms with E-state index in [-0.39, 0.29) is 5.91 Å². The highest BCUT2D eigenvalue weighted by Gasteiger charge is 2.43. The van der Waals surface area contributed by atoms with E-state index in [2.05, 4.69) is 23.6 Å². The van der Waals surface area contributed by atoms with Crippen LogP contribution in [0.4, 0.5) is 0 Å². The second kappa shape index (κ2) is 6.31. The first kappa shape index (κ1) is 16.6. The molecule has 23 heavy (non-hydrogen) atoms. The second-order valence-electron chi connectivity index (χ2n) is 8.04. The van der Waals surface area contributed by atoms with Crippen molar-refractivity contribution in [2.75, 3.05) is 32.7 Å². The molecular weight excluding hydrogens is 288 g/mol. The lowest BCUT2D eigenvalue weighted by Crippen LogP contribution is -2.46. The Labute approximate surface area is 139 Å². The normalized spacial score (nSPS) is 25.7. The SMILES string of the molecule is Cc1cc(C(=O)N2CC[C@@]3(CCCN(CC(C)C)C3)C2)c(C)o1. The van der Waals surface area contributed by atoms with Gasteiger partial charge in [0, 0.05) is 31.6 Å². The van der Waals surface area contributed by atoms with Crippen LogP contribution in [0.25, 0.3) is 0 Å². The van der Waals surface area contributed by atoms with E-state index in [9.17, 15) is 4.79 Å². The summed E-state index contributed by atoms with van der Waals surface area (Å²) in [5.41, 5.74) is 1.06. The largest absolute Gasteiger partial charge is 0.466 e. The lowest BCUT2D eigenvalue weighted by molar-refractivity contribution is 0.0665. The molecule has 0 aliphatic carbocycles. The van der Waals surface area contributed by atoms with Gasteiger partial charge >= 0.3 is 0 Å². The van der Waals surface area contributed by atoms with Gasteiger partial charge in [-0.3, -0.25) is 4.79 Å². The zero-order chi connectivity index (χ0) is 16.6. The van der Waals surface area contributed by atoms with Crippen molar-refractivity contribution in [3.8, 4) is 0 Å². The minimum Gasteiger partial charge on any atom is -0.466 e. The average Bonchev–Trinajstić information content (AvgIpc) is 3.01. The summed E-state index contributed by atoms with van der Waals surface area (Å²) in [7, 11) is 0. The molecule has 0 saturated carbocycles. The van der Waals surface area contributed by atoms with Crippen molar-refractivity contribution in [1.82, 2.24) is 9.80 Å². The fraction of sp³-hybridized carbons (Fsp3) is 0.737. The third-order valence-electron chi connectivity index (χ3n) is 5.36. The summed E-state index contributed by atoms with van der Waals surface area (Å²) >= 11 is 0. The molecule has 1 aromatic rings. The van der Waals surface area contributed by atoms with Gasteiger partial charge in [-0.05, 0) is 51.6 Å². The highest BCUT2D eigenvalue weighted by atomic mass is 16.3. The molecule has 2 saturated heterocycles. The van der Waals surface area contributed by atoms with Crippen LogP contribution >= 0.6 is 0 Å². The number of nitrogens with zero attached hydrogens (tertiary/aromatic N) is 2. The van der Waals surface area contributed by atoms with E-state index in [1.165, 1.54) is 25.9 Å². The van der Waals surface area contributed by atoms with Gasteiger partial charge in [0.2, 0.25) is 0 Å². The fourth-order valence-electron chi connectivity index (χ4n) is 4.44.